The standard InChI is InChI=1S/C21H12Br2IN3OS2/c22-12-9-14(20-25-16-6-1-2-7-17(16)30-20)18(15(23)10-12)26-21(29)27-19(28)11-4-3-5-13(24)8-11/h1-10H,(H2,26,27,28,29). The zero-order chi connectivity index (χ0) is 21.3. The molecule has 0 aliphatic carbocycles. The molecule has 0 spiro atoms. The van der Waals surface area contributed by atoms with E-state index in [2.05, 4.69) is 65.1 Å². The van der Waals surface area contributed by atoms with E-state index in [1.807, 2.05) is 48.5 Å². The first-order valence-electron chi connectivity index (χ1n) is 8.63. The third kappa shape index (κ3) is 4.91. The van der Waals surface area contributed by atoms with Gasteiger partial charge in [0, 0.05) is 23.6 Å². The molecule has 4 aromatic rings. The van der Waals surface area contributed by atoms with Gasteiger partial charge in [-0.2, -0.15) is 0 Å². The minimum Gasteiger partial charge on any atom is -0.331 e. The Kier molecular flexibility index (Phi) is 6.83. The van der Waals surface area contributed by atoms with Gasteiger partial charge in [-0.05, 0) is 93.2 Å². The molecule has 30 heavy (non-hydrogen) atoms. The third-order valence-electron chi connectivity index (χ3n) is 4.13. The van der Waals surface area contributed by atoms with Gasteiger partial charge in [0.2, 0.25) is 0 Å². The van der Waals surface area contributed by atoms with Crippen LogP contribution in [0.4, 0.5) is 5.69 Å². The summed E-state index contributed by atoms with van der Waals surface area (Å²) in [7, 11) is 0. The molecule has 1 aromatic heterocycles. The number of nitrogens with one attached hydrogen (secondary N) is 2. The number of hydrogen-bond acceptors (Lipinski definition) is 4. The first kappa shape index (κ1) is 21.8. The lowest BCUT2D eigenvalue weighted by Gasteiger charge is -2.15. The molecule has 0 radical (unpaired) electrons. The Morgan fingerprint density at radius 1 is 1.07 bits per heavy atom. The lowest BCUT2D eigenvalue weighted by atomic mass is 10.2. The monoisotopic (exact) mass is 671 g/mol. The summed E-state index contributed by atoms with van der Waals surface area (Å²) in [6.07, 6.45) is 0. The summed E-state index contributed by atoms with van der Waals surface area (Å²) < 4.78 is 3.79. The fourth-order valence-corrected chi connectivity index (χ4v) is 5.86. The Bertz CT molecular complexity index is 1260. The van der Waals surface area contributed by atoms with Crippen LogP contribution in [0.3, 0.4) is 0 Å². The first-order chi connectivity index (χ1) is 14.4. The number of thiazole rings is 1. The quantitative estimate of drug-likeness (QED) is 0.178. The van der Waals surface area contributed by atoms with E-state index in [0.717, 1.165) is 39.0 Å². The molecule has 2 N–H and O–H groups in total. The minimum absolute atomic E-state index is 0.212. The number of rotatable bonds is 3. The maximum absolute atomic E-state index is 12.5. The second-order valence-corrected chi connectivity index (χ2v) is 10.7. The van der Waals surface area contributed by atoms with E-state index in [0.29, 0.717) is 5.56 Å². The van der Waals surface area contributed by atoms with Crippen LogP contribution in [0.15, 0.2) is 69.6 Å². The highest BCUT2D eigenvalue weighted by Gasteiger charge is 2.17. The van der Waals surface area contributed by atoms with Gasteiger partial charge in [0.25, 0.3) is 5.91 Å². The first-order valence-corrected chi connectivity index (χ1v) is 12.5. The number of nitrogens with zero attached hydrogens (tertiary/aromatic N) is 1. The van der Waals surface area contributed by atoms with E-state index in [1.54, 1.807) is 23.5 Å². The summed E-state index contributed by atoms with van der Waals surface area (Å²) in [6, 6.07) is 19.2. The van der Waals surface area contributed by atoms with Crippen molar-refractivity contribution < 1.29 is 4.79 Å². The van der Waals surface area contributed by atoms with Gasteiger partial charge in [-0.25, -0.2) is 4.98 Å². The fourth-order valence-electron chi connectivity index (χ4n) is 2.81. The van der Waals surface area contributed by atoms with Crippen molar-refractivity contribution in [2.24, 2.45) is 0 Å². The molecule has 1 amide bonds. The van der Waals surface area contributed by atoms with Crippen molar-refractivity contribution >= 4 is 105 Å². The molecular weight excluding hydrogens is 661 g/mol. The van der Waals surface area contributed by atoms with Gasteiger partial charge in [0.05, 0.1) is 15.9 Å². The summed E-state index contributed by atoms with van der Waals surface area (Å²) >= 11 is 16.3. The van der Waals surface area contributed by atoms with Crippen molar-refractivity contribution in [2.75, 3.05) is 5.32 Å². The molecule has 0 aliphatic heterocycles. The predicted octanol–water partition coefficient (Wildman–Crippen LogP) is 7.22. The van der Waals surface area contributed by atoms with Gasteiger partial charge in [-0.1, -0.05) is 34.1 Å². The van der Waals surface area contributed by atoms with E-state index >= 15 is 0 Å². The average Bonchev–Trinajstić information content (AvgIpc) is 3.14. The van der Waals surface area contributed by atoms with Crippen molar-refractivity contribution in [3.8, 4) is 10.6 Å². The van der Waals surface area contributed by atoms with E-state index in [9.17, 15) is 4.79 Å². The third-order valence-corrected chi connectivity index (χ3v) is 7.16. The van der Waals surface area contributed by atoms with E-state index in [4.69, 9.17) is 17.2 Å². The van der Waals surface area contributed by atoms with Crippen LogP contribution >= 0.6 is 78.0 Å². The van der Waals surface area contributed by atoms with Gasteiger partial charge < -0.3 is 5.32 Å². The maximum atomic E-state index is 12.5. The number of amides is 1. The SMILES string of the molecule is O=C(NC(=S)Nc1c(Br)cc(Br)cc1-c1nc2ccccc2s1)c1cccc(I)c1. The van der Waals surface area contributed by atoms with Crippen LogP contribution in [0.25, 0.3) is 20.8 Å². The highest BCUT2D eigenvalue weighted by Crippen LogP contribution is 2.40. The number of carbonyl (C=O) groups is 1. The Balaban J connectivity index is 1.64. The molecular formula is C21H12Br2IN3OS2. The highest BCUT2D eigenvalue weighted by atomic mass is 127. The topological polar surface area (TPSA) is 54.0 Å². The van der Waals surface area contributed by atoms with Gasteiger partial charge in [0.1, 0.15) is 5.01 Å². The van der Waals surface area contributed by atoms with Crippen LogP contribution < -0.4 is 10.6 Å². The molecule has 0 bridgehead atoms. The Hall–Kier alpha value is -1.40. The van der Waals surface area contributed by atoms with Gasteiger partial charge >= 0.3 is 0 Å². The van der Waals surface area contributed by atoms with Crippen LogP contribution in [0.5, 0.6) is 0 Å². The zero-order valence-electron chi connectivity index (χ0n) is 15.1. The molecule has 1 heterocycles. The molecule has 9 heteroatoms. The highest BCUT2D eigenvalue weighted by molar-refractivity contribution is 14.1. The number of carbonyl (C=O) groups excluding carboxylic acids is 1. The molecule has 0 saturated carbocycles. The summed E-state index contributed by atoms with van der Waals surface area (Å²) in [5.41, 5.74) is 3.11. The number of aromatic nitrogens is 1. The molecule has 0 aliphatic rings. The second kappa shape index (κ2) is 9.39. The number of benzene rings is 3. The van der Waals surface area contributed by atoms with Crippen LogP contribution in [-0.4, -0.2) is 16.0 Å². The lowest BCUT2D eigenvalue weighted by molar-refractivity contribution is 0.0977. The van der Waals surface area contributed by atoms with Gasteiger partial charge in [-0.3, -0.25) is 10.1 Å². The Morgan fingerprint density at radius 3 is 2.63 bits per heavy atom. The van der Waals surface area contributed by atoms with Crippen molar-refractivity contribution in [1.82, 2.24) is 10.3 Å². The number of anilines is 1. The Labute approximate surface area is 212 Å². The molecule has 0 fully saturated rings. The van der Waals surface area contributed by atoms with Crippen LogP contribution in [0.1, 0.15) is 10.4 Å². The largest absolute Gasteiger partial charge is 0.331 e. The molecule has 150 valence electrons. The maximum Gasteiger partial charge on any atom is 0.257 e. The van der Waals surface area contributed by atoms with E-state index in [1.165, 1.54) is 0 Å². The van der Waals surface area contributed by atoms with Crippen molar-refractivity contribution in [2.45, 2.75) is 0 Å². The van der Waals surface area contributed by atoms with Crippen molar-refractivity contribution in [3.63, 3.8) is 0 Å². The lowest BCUT2D eigenvalue weighted by Crippen LogP contribution is -2.34. The molecule has 0 unspecified atom stereocenters. The van der Waals surface area contributed by atoms with Crippen molar-refractivity contribution in [1.29, 1.82) is 0 Å². The van der Waals surface area contributed by atoms with Crippen LogP contribution in [0.2, 0.25) is 0 Å². The molecule has 0 saturated heterocycles. The fraction of sp³-hybridized carbons (Fsp3) is 0. The summed E-state index contributed by atoms with van der Waals surface area (Å²) in [4.78, 5) is 17.3. The second-order valence-electron chi connectivity index (χ2n) is 6.22. The van der Waals surface area contributed by atoms with Gasteiger partial charge in [0.15, 0.2) is 5.11 Å². The van der Waals surface area contributed by atoms with Crippen LogP contribution in [-0.2, 0) is 0 Å². The number of hydrogen-bond donors (Lipinski definition) is 2. The molecule has 4 nitrogen and oxygen atoms in total. The number of halogens is 3. The normalized spacial score (nSPS) is 10.8. The van der Waals surface area contributed by atoms with E-state index in [-0.39, 0.29) is 11.0 Å². The molecule has 3 aromatic carbocycles. The van der Waals surface area contributed by atoms with Crippen LogP contribution in [0, 0.1) is 3.57 Å². The predicted molar refractivity (Wildman–Crippen MR) is 143 cm³/mol. The number of para-hydroxylation sites is 1. The Morgan fingerprint density at radius 2 is 1.87 bits per heavy atom. The number of fused-ring (bicyclic) bond motifs is 1. The number of thiocarbonyl (C=S) groups is 1. The minimum atomic E-state index is -0.263. The zero-order valence-corrected chi connectivity index (χ0v) is 22.0. The average molecular weight is 673 g/mol. The summed E-state index contributed by atoms with van der Waals surface area (Å²) in [5, 5.41) is 6.97. The smallest absolute Gasteiger partial charge is 0.257 e. The molecule has 4 rings (SSSR count). The summed E-state index contributed by atoms with van der Waals surface area (Å²) in [5.74, 6) is -0.263. The van der Waals surface area contributed by atoms with Crippen molar-refractivity contribution in [3.05, 3.63) is 78.7 Å². The van der Waals surface area contributed by atoms with E-state index < -0.39 is 0 Å². The van der Waals surface area contributed by atoms with Gasteiger partial charge in [-0.15, -0.1) is 11.3 Å². The molecule has 0 atom stereocenters. The summed E-state index contributed by atoms with van der Waals surface area (Å²) in [6.45, 7) is 0.